The van der Waals surface area contributed by atoms with E-state index >= 15 is 0 Å². The van der Waals surface area contributed by atoms with Crippen molar-refractivity contribution in [1.29, 1.82) is 0 Å². The van der Waals surface area contributed by atoms with Gasteiger partial charge in [0.05, 0.1) is 5.41 Å². The molecule has 0 fully saturated rings. The maximum Gasteiger partial charge on any atom is 0.229 e. The van der Waals surface area contributed by atoms with E-state index in [4.69, 9.17) is 5.73 Å². The molecule has 0 aromatic heterocycles. The predicted octanol–water partition coefficient (Wildman–Crippen LogP) is 2.69. The van der Waals surface area contributed by atoms with Crippen LogP contribution in [-0.4, -0.2) is 11.7 Å². The molecule has 0 saturated carbocycles. The van der Waals surface area contributed by atoms with Gasteiger partial charge in [0.15, 0.2) is 0 Å². The summed E-state index contributed by atoms with van der Waals surface area (Å²) in [6, 6.07) is 18.8. The lowest BCUT2D eigenvalue weighted by molar-refractivity contribution is -0.132. The second kappa shape index (κ2) is 6.93. The number of hydrogen-bond acceptors (Lipinski definition) is 2. The maximum atomic E-state index is 12.0. The number of primary amides is 1. The number of carbonyl (C=O) groups excluding carboxylic acids is 2. The highest BCUT2D eigenvalue weighted by atomic mass is 16.2. The lowest BCUT2D eigenvalue weighted by atomic mass is 9.70. The minimum absolute atomic E-state index is 0.286. The Labute approximate surface area is 136 Å². The largest absolute Gasteiger partial charge is 0.369 e. The highest BCUT2D eigenvalue weighted by Crippen LogP contribution is 2.32. The van der Waals surface area contributed by atoms with E-state index < -0.39 is 17.2 Å². The molecule has 0 aliphatic carbocycles. The Balaban J connectivity index is 2.59. The van der Waals surface area contributed by atoms with Gasteiger partial charge in [0.25, 0.3) is 0 Å². The Morgan fingerprint density at radius 3 is 2.00 bits per heavy atom. The number of amides is 1. The summed E-state index contributed by atoms with van der Waals surface area (Å²) in [6.45, 7) is 3.16. The second-order valence-corrected chi connectivity index (χ2v) is 5.63. The number of Topliss-reactive ketones (excluding diaryl/α,β-unsaturated/α-hetero) is 1. The summed E-state index contributed by atoms with van der Waals surface area (Å²) in [5.74, 6) is 4.24. The zero-order valence-electron chi connectivity index (χ0n) is 13.2. The van der Waals surface area contributed by atoms with Crippen LogP contribution in [-0.2, 0) is 15.0 Å². The van der Waals surface area contributed by atoms with Crippen molar-refractivity contribution in [3.05, 3.63) is 71.8 Å². The quantitative estimate of drug-likeness (QED) is 0.697. The van der Waals surface area contributed by atoms with E-state index in [0.717, 1.165) is 11.1 Å². The lowest BCUT2D eigenvalue weighted by Crippen LogP contribution is -2.44. The van der Waals surface area contributed by atoms with Gasteiger partial charge in [0.2, 0.25) is 5.91 Å². The molecule has 3 nitrogen and oxygen atoms in total. The van der Waals surface area contributed by atoms with Gasteiger partial charge in [-0.25, -0.2) is 0 Å². The molecule has 2 aromatic rings. The van der Waals surface area contributed by atoms with Crippen molar-refractivity contribution in [2.24, 2.45) is 11.7 Å². The Bertz CT molecular complexity index is 742. The Kier molecular flexibility index (Phi) is 4.98. The number of ketones is 1. The molecule has 2 unspecified atom stereocenters. The van der Waals surface area contributed by atoms with Crippen LogP contribution in [0.5, 0.6) is 0 Å². The highest BCUT2D eigenvalue weighted by Gasteiger charge is 2.41. The second-order valence-electron chi connectivity index (χ2n) is 5.63. The van der Waals surface area contributed by atoms with Gasteiger partial charge in [0.1, 0.15) is 11.7 Å². The normalized spacial score (nSPS) is 14.0. The first-order chi connectivity index (χ1) is 10.9. The van der Waals surface area contributed by atoms with E-state index in [1.807, 2.05) is 60.7 Å². The summed E-state index contributed by atoms with van der Waals surface area (Å²) in [6.07, 6.45) is 0. The Morgan fingerprint density at radius 1 is 1.00 bits per heavy atom. The van der Waals surface area contributed by atoms with Crippen molar-refractivity contribution >= 4 is 11.7 Å². The van der Waals surface area contributed by atoms with E-state index in [2.05, 4.69) is 11.8 Å². The van der Waals surface area contributed by atoms with Crippen LogP contribution in [0.4, 0.5) is 0 Å². The third-order valence-corrected chi connectivity index (χ3v) is 3.88. The third-order valence-electron chi connectivity index (χ3n) is 3.88. The van der Waals surface area contributed by atoms with Crippen molar-refractivity contribution in [3.8, 4) is 11.8 Å². The first kappa shape index (κ1) is 16.5. The molecule has 0 heterocycles. The van der Waals surface area contributed by atoms with Crippen molar-refractivity contribution in [2.45, 2.75) is 19.3 Å². The zero-order chi connectivity index (χ0) is 16.9. The fraction of sp³-hybridized carbons (Fsp3) is 0.200. The van der Waals surface area contributed by atoms with Crippen LogP contribution in [0.25, 0.3) is 0 Å². The molecular formula is C20H19NO2. The fourth-order valence-corrected chi connectivity index (χ4v) is 2.71. The summed E-state index contributed by atoms with van der Waals surface area (Å²) >= 11 is 0. The Morgan fingerprint density at radius 2 is 1.52 bits per heavy atom. The molecule has 2 rings (SSSR count). The molecule has 1 amide bonds. The number of nitrogens with two attached hydrogens (primary N) is 1. The Hall–Kier alpha value is -2.86. The van der Waals surface area contributed by atoms with Crippen LogP contribution in [0.3, 0.4) is 0 Å². The van der Waals surface area contributed by atoms with E-state index in [1.165, 1.54) is 6.92 Å². The molecule has 0 saturated heterocycles. The molecule has 23 heavy (non-hydrogen) atoms. The molecule has 2 aromatic carbocycles. The number of hydrogen-bond donors (Lipinski definition) is 1. The highest BCUT2D eigenvalue weighted by molar-refractivity contribution is 6.02. The summed E-state index contributed by atoms with van der Waals surface area (Å²) in [5, 5.41) is 0. The van der Waals surface area contributed by atoms with Gasteiger partial charge in [0, 0.05) is 5.56 Å². The van der Waals surface area contributed by atoms with Crippen molar-refractivity contribution in [2.75, 3.05) is 0 Å². The fourth-order valence-electron chi connectivity index (χ4n) is 2.71. The molecule has 2 N–H and O–H groups in total. The molecule has 3 heteroatoms. The number of rotatable bonds is 4. The summed E-state index contributed by atoms with van der Waals surface area (Å²) in [5.41, 5.74) is 6.14. The van der Waals surface area contributed by atoms with E-state index in [9.17, 15) is 9.59 Å². The summed E-state index contributed by atoms with van der Waals surface area (Å²) in [7, 11) is 0. The van der Waals surface area contributed by atoms with Crippen LogP contribution in [0.2, 0.25) is 0 Å². The SMILES string of the molecule is CC(=O)C(C(N)=O)C(C)(C#Cc1ccccc1)c1ccccc1. The van der Waals surface area contributed by atoms with Crippen molar-refractivity contribution in [3.63, 3.8) is 0 Å². The number of benzene rings is 2. The zero-order valence-corrected chi connectivity index (χ0v) is 13.2. The molecule has 0 bridgehead atoms. The average molecular weight is 305 g/mol. The minimum atomic E-state index is -0.999. The van der Waals surface area contributed by atoms with E-state index in [1.54, 1.807) is 6.92 Å². The van der Waals surface area contributed by atoms with Crippen LogP contribution >= 0.6 is 0 Å². The average Bonchev–Trinajstić information content (AvgIpc) is 2.54. The maximum absolute atomic E-state index is 12.0. The number of carbonyl (C=O) groups is 2. The summed E-state index contributed by atoms with van der Waals surface area (Å²) < 4.78 is 0. The standard InChI is InChI=1S/C20H19NO2/c1-15(22)18(19(21)23)20(2,17-11-7-4-8-12-17)14-13-16-9-5-3-6-10-16/h3-12,18H,1-2H3,(H2,21,23). The van der Waals surface area contributed by atoms with E-state index in [-0.39, 0.29) is 5.78 Å². The van der Waals surface area contributed by atoms with Gasteiger partial charge in [-0.05, 0) is 31.5 Å². The molecule has 2 atom stereocenters. The lowest BCUT2D eigenvalue weighted by Gasteiger charge is -2.30. The molecule has 0 spiro atoms. The predicted molar refractivity (Wildman–Crippen MR) is 90.5 cm³/mol. The smallest absolute Gasteiger partial charge is 0.229 e. The minimum Gasteiger partial charge on any atom is -0.369 e. The van der Waals surface area contributed by atoms with Crippen LogP contribution in [0.15, 0.2) is 60.7 Å². The molecule has 0 radical (unpaired) electrons. The van der Waals surface area contributed by atoms with Crippen molar-refractivity contribution in [1.82, 2.24) is 0 Å². The molecule has 116 valence electrons. The van der Waals surface area contributed by atoms with Crippen LogP contribution in [0.1, 0.15) is 25.0 Å². The van der Waals surface area contributed by atoms with Crippen molar-refractivity contribution < 1.29 is 9.59 Å². The third kappa shape index (κ3) is 3.67. The van der Waals surface area contributed by atoms with Gasteiger partial charge >= 0.3 is 0 Å². The van der Waals surface area contributed by atoms with Gasteiger partial charge in [-0.3, -0.25) is 9.59 Å². The van der Waals surface area contributed by atoms with Gasteiger partial charge in [-0.2, -0.15) is 0 Å². The van der Waals surface area contributed by atoms with E-state index in [0.29, 0.717) is 0 Å². The van der Waals surface area contributed by atoms with Crippen LogP contribution in [0, 0.1) is 17.8 Å². The topological polar surface area (TPSA) is 60.2 Å². The first-order valence-corrected chi connectivity index (χ1v) is 7.38. The van der Waals surface area contributed by atoms with Gasteiger partial charge < -0.3 is 5.73 Å². The first-order valence-electron chi connectivity index (χ1n) is 7.38. The van der Waals surface area contributed by atoms with Crippen LogP contribution < -0.4 is 5.73 Å². The molecular weight excluding hydrogens is 286 g/mol. The monoisotopic (exact) mass is 305 g/mol. The van der Waals surface area contributed by atoms with Gasteiger partial charge in [-0.15, -0.1) is 0 Å². The molecule has 0 aliphatic rings. The van der Waals surface area contributed by atoms with Gasteiger partial charge in [-0.1, -0.05) is 60.4 Å². The summed E-state index contributed by atoms with van der Waals surface area (Å²) in [4.78, 5) is 24.0. The molecule has 0 aliphatic heterocycles.